The SMILES string of the molecule is COc1cc(F)c(NCc2nc3ccccc3n2C)cc1OC. The number of halogens is 1. The maximum Gasteiger partial charge on any atom is 0.163 e. The Morgan fingerprint density at radius 2 is 1.83 bits per heavy atom. The number of ether oxygens (including phenoxy) is 2. The standard InChI is InChI=1S/C17H18FN3O2/c1-21-14-7-5-4-6-12(14)20-17(21)10-19-13-9-16(23-3)15(22-2)8-11(13)18/h4-9,19H,10H2,1-3H3. The highest BCUT2D eigenvalue weighted by molar-refractivity contribution is 5.75. The summed E-state index contributed by atoms with van der Waals surface area (Å²) in [5.41, 5.74) is 2.30. The van der Waals surface area contributed by atoms with Gasteiger partial charge in [-0.3, -0.25) is 0 Å². The number of hydrogen-bond acceptors (Lipinski definition) is 4. The van der Waals surface area contributed by atoms with Crippen molar-refractivity contribution in [3.63, 3.8) is 0 Å². The summed E-state index contributed by atoms with van der Waals surface area (Å²) in [4.78, 5) is 4.56. The van der Waals surface area contributed by atoms with Gasteiger partial charge < -0.3 is 19.4 Å². The van der Waals surface area contributed by atoms with E-state index >= 15 is 0 Å². The number of nitrogens with zero attached hydrogens (tertiary/aromatic N) is 2. The summed E-state index contributed by atoms with van der Waals surface area (Å²) < 4.78 is 26.4. The Balaban J connectivity index is 1.86. The van der Waals surface area contributed by atoms with Crippen molar-refractivity contribution in [2.75, 3.05) is 19.5 Å². The molecule has 5 nitrogen and oxygen atoms in total. The molecule has 2 aromatic carbocycles. The molecule has 1 N–H and O–H groups in total. The largest absolute Gasteiger partial charge is 0.493 e. The molecule has 0 fully saturated rings. The van der Waals surface area contributed by atoms with Gasteiger partial charge in [0.15, 0.2) is 11.5 Å². The quantitative estimate of drug-likeness (QED) is 0.784. The smallest absolute Gasteiger partial charge is 0.163 e. The Morgan fingerprint density at radius 3 is 2.52 bits per heavy atom. The number of hydrogen-bond donors (Lipinski definition) is 1. The van der Waals surface area contributed by atoms with Gasteiger partial charge >= 0.3 is 0 Å². The highest BCUT2D eigenvalue weighted by Crippen LogP contribution is 2.32. The summed E-state index contributed by atoms with van der Waals surface area (Å²) in [5.74, 6) is 1.25. The third kappa shape index (κ3) is 2.79. The molecule has 0 aliphatic carbocycles. The van der Waals surface area contributed by atoms with Crippen LogP contribution >= 0.6 is 0 Å². The predicted octanol–water partition coefficient (Wildman–Crippen LogP) is 3.34. The normalized spacial score (nSPS) is 10.8. The zero-order valence-electron chi connectivity index (χ0n) is 13.3. The van der Waals surface area contributed by atoms with Gasteiger partial charge in [-0.2, -0.15) is 0 Å². The number of nitrogens with one attached hydrogen (secondary N) is 1. The summed E-state index contributed by atoms with van der Waals surface area (Å²) in [6, 6.07) is 10.8. The molecular weight excluding hydrogens is 297 g/mol. The number of anilines is 1. The first kappa shape index (κ1) is 15.1. The minimum atomic E-state index is -0.401. The highest BCUT2D eigenvalue weighted by Gasteiger charge is 2.12. The van der Waals surface area contributed by atoms with Crippen LogP contribution < -0.4 is 14.8 Å². The molecule has 6 heteroatoms. The van der Waals surface area contributed by atoms with Gasteiger partial charge in [0.25, 0.3) is 0 Å². The van der Waals surface area contributed by atoms with E-state index < -0.39 is 5.82 Å². The summed E-state index contributed by atoms with van der Waals surface area (Å²) in [6.07, 6.45) is 0. The first-order valence-electron chi connectivity index (χ1n) is 7.19. The second kappa shape index (κ2) is 6.16. The van der Waals surface area contributed by atoms with Crippen LogP contribution in [0.15, 0.2) is 36.4 Å². The molecule has 0 atom stereocenters. The van der Waals surface area contributed by atoms with Crippen molar-refractivity contribution in [2.45, 2.75) is 6.54 Å². The van der Waals surface area contributed by atoms with Crippen molar-refractivity contribution in [1.82, 2.24) is 9.55 Å². The molecule has 0 bridgehead atoms. The Morgan fingerprint density at radius 1 is 1.13 bits per heavy atom. The molecule has 0 aliphatic rings. The minimum Gasteiger partial charge on any atom is -0.493 e. The maximum absolute atomic E-state index is 14.1. The summed E-state index contributed by atoms with van der Waals surface area (Å²) in [5, 5.41) is 3.06. The van der Waals surface area contributed by atoms with Crippen LogP contribution in [0.25, 0.3) is 11.0 Å². The Hall–Kier alpha value is -2.76. The second-order valence-corrected chi connectivity index (χ2v) is 5.12. The van der Waals surface area contributed by atoms with Crippen molar-refractivity contribution >= 4 is 16.7 Å². The van der Waals surface area contributed by atoms with Crippen molar-refractivity contribution in [3.8, 4) is 11.5 Å². The molecule has 0 saturated heterocycles. The molecule has 0 radical (unpaired) electrons. The molecule has 0 spiro atoms. The number of aromatic nitrogens is 2. The van der Waals surface area contributed by atoms with Gasteiger partial charge in [0.2, 0.25) is 0 Å². The van der Waals surface area contributed by atoms with E-state index in [-0.39, 0.29) is 0 Å². The number of para-hydroxylation sites is 2. The number of methoxy groups -OCH3 is 2. The van der Waals surface area contributed by atoms with Crippen LogP contribution in [0, 0.1) is 5.82 Å². The average Bonchev–Trinajstić information content (AvgIpc) is 2.90. The molecular formula is C17H18FN3O2. The van der Waals surface area contributed by atoms with Gasteiger partial charge in [0, 0.05) is 19.2 Å². The summed E-state index contributed by atoms with van der Waals surface area (Å²) in [6.45, 7) is 0.400. The number of benzene rings is 2. The molecule has 3 rings (SSSR count). The fourth-order valence-electron chi connectivity index (χ4n) is 2.52. The van der Waals surface area contributed by atoms with Gasteiger partial charge in [0.1, 0.15) is 11.6 Å². The first-order chi connectivity index (χ1) is 11.1. The van der Waals surface area contributed by atoms with E-state index in [0.717, 1.165) is 16.9 Å². The van der Waals surface area contributed by atoms with Gasteiger partial charge in [-0.05, 0) is 12.1 Å². The molecule has 0 aliphatic heterocycles. The topological polar surface area (TPSA) is 48.3 Å². The maximum atomic E-state index is 14.1. The molecule has 1 aromatic heterocycles. The van der Waals surface area contributed by atoms with Crippen LogP contribution in [0.1, 0.15) is 5.82 Å². The van der Waals surface area contributed by atoms with Crippen molar-refractivity contribution < 1.29 is 13.9 Å². The van der Waals surface area contributed by atoms with Crippen molar-refractivity contribution in [1.29, 1.82) is 0 Å². The molecule has 3 aromatic rings. The zero-order chi connectivity index (χ0) is 16.4. The van der Waals surface area contributed by atoms with Crippen LogP contribution in [0.4, 0.5) is 10.1 Å². The van der Waals surface area contributed by atoms with E-state index in [1.807, 2.05) is 35.9 Å². The summed E-state index contributed by atoms with van der Waals surface area (Å²) in [7, 11) is 4.94. The number of imidazole rings is 1. The van der Waals surface area contributed by atoms with E-state index in [0.29, 0.717) is 23.7 Å². The lowest BCUT2D eigenvalue weighted by Gasteiger charge is -2.12. The predicted molar refractivity (Wildman–Crippen MR) is 87.5 cm³/mol. The van der Waals surface area contributed by atoms with Gasteiger partial charge in [-0.15, -0.1) is 0 Å². The minimum absolute atomic E-state index is 0.342. The average molecular weight is 315 g/mol. The fourth-order valence-corrected chi connectivity index (χ4v) is 2.52. The number of rotatable bonds is 5. The van der Waals surface area contributed by atoms with Gasteiger partial charge in [-0.1, -0.05) is 12.1 Å². The molecule has 1 heterocycles. The lowest BCUT2D eigenvalue weighted by Crippen LogP contribution is -2.07. The van der Waals surface area contributed by atoms with Crippen molar-refractivity contribution in [3.05, 3.63) is 48.0 Å². The van der Waals surface area contributed by atoms with Gasteiger partial charge in [-0.25, -0.2) is 9.37 Å². The Kier molecular flexibility index (Phi) is 4.06. The zero-order valence-corrected chi connectivity index (χ0v) is 13.3. The number of aryl methyl sites for hydroxylation is 1. The van der Waals surface area contributed by atoms with Crippen LogP contribution in [-0.4, -0.2) is 23.8 Å². The lowest BCUT2D eigenvalue weighted by atomic mass is 10.2. The number of fused-ring (bicyclic) bond motifs is 1. The summed E-state index contributed by atoms with van der Waals surface area (Å²) >= 11 is 0. The van der Waals surface area contributed by atoms with Crippen LogP contribution in [0.3, 0.4) is 0 Å². The second-order valence-electron chi connectivity index (χ2n) is 5.12. The Bertz CT molecular complexity index is 845. The highest BCUT2D eigenvalue weighted by atomic mass is 19.1. The third-order valence-corrected chi connectivity index (χ3v) is 3.79. The van der Waals surface area contributed by atoms with E-state index in [1.165, 1.54) is 20.3 Å². The molecule has 120 valence electrons. The van der Waals surface area contributed by atoms with E-state index in [9.17, 15) is 4.39 Å². The molecule has 23 heavy (non-hydrogen) atoms. The van der Waals surface area contributed by atoms with Crippen LogP contribution in [-0.2, 0) is 13.6 Å². The van der Waals surface area contributed by atoms with Crippen molar-refractivity contribution in [2.24, 2.45) is 7.05 Å². The molecule has 0 saturated carbocycles. The molecule has 0 unspecified atom stereocenters. The first-order valence-corrected chi connectivity index (χ1v) is 7.19. The molecule has 0 amide bonds. The van der Waals surface area contributed by atoms with Gasteiger partial charge in [0.05, 0.1) is 37.5 Å². The lowest BCUT2D eigenvalue weighted by molar-refractivity contribution is 0.352. The van der Waals surface area contributed by atoms with Crippen LogP contribution in [0.2, 0.25) is 0 Å². The Labute approximate surface area is 133 Å². The monoisotopic (exact) mass is 315 g/mol. The van der Waals surface area contributed by atoms with E-state index in [4.69, 9.17) is 9.47 Å². The van der Waals surface area contributed by atoms with E-state index in [2.05, 4.69) is 10.3 Å². The van der Waals surface area contributed by atoms with Crippen LogP contribution in [0.5, 0.6) is 11.5 Å². The fraction of sp³-hybridized carbons (Fsp3) is 0.235. The third-order valence-electron chi connectivity index (χ3n) is 3.79. The van der Waals surface area contributed by atoms with E-state index in [1.54, 1.807) is 6.07 Å².